The Labute approximate surface area is 151 Å². The van der Waals surface area contributed by atoms with Crippen LogP contribution < -0.4 is 15.4 Å². The fourth-order valence-electron chi connectivity index (χ4n) is 3.82. The van der Waals surface area contributed by atoms with Gasteiger partial charge in [0.1, 0.15) is 0 Å². The lowest BCUT2D eigenvalue weighted by Crippen LogP contribution is -2.45. The molecule has 0 bridgehead atoms. The van der Waals surface area contributed by atoms with Gasteiger partial charge in [0.25, 0.3) is 0 Å². The molecule has 138 valence electrons. The van der Waals surface area contributed by atoms with Gasteiger partial charge in [-0.1, -0.05) is 18.9 Å². The SMILES string of the molecule is CCNC(=NCc1ccc(OC)nc1)NC1CCN(C2CCCC2)C1. The number of ether oxygens (including phenoxy) is 1. The van der Waals surface area contributed by atoms with Crippen molar-refractivity contribution in [1.82, 2.24) is 20.5 Å². The molecule has 1 aliphatic heterocycles. The van der Waals surface area contributed by atoms with Crippen LogP contribution in [0.25, 0.3) is 0 Å². The van der Waals surface area contributed by atoms with Crippen LogP contribution in [0, 0.1) is 0 Å². The number of pyridine rings is 1. The summed E-state index contributed by atoms with van der Waals surface area (Å²) in [5.74, 6) is 1.53. The molecule has 6 heteroatoms. The summed E-state index contributed by atoms with van der Waals surface area (Å²) >= 11 is 0. The van der Waals surface area contributed by atoms with E-state index in [1.807, 2.05) is 18.3 Å². The van der Waals surface area contributed by atoms with E-state index >= 15 is 0 Å². The second-order valence-corrected chi connectivity index (χ2v) is 6.97. The summed E-state index contributed by atoms with van der Waals surface area (Å²) in [7, 11) is 1.63. The van der Waals surface area contributed by atoms with Crippen molar-refractivity contribution in [3.8, 4) is 5.88 Å². The monoisotopic (exact) mass is 345 g/mol. The molecule has 2 heterocycles. The van der Waals surface area contributed by atoms with Crippen molar-refractivity contribution < 1.29 is 4.74 Å². The van der Waals surface area contributed by atoms with Gasteiger partial charge in [-0.05, 0) is 31.7 Å². The molecule has 1 saturated heterocycles. The summed E-state index contributed by atoms with van der Waals surface area (Å²) in [6.45, 7) is 5.94. The molecule has 2 N–H and O–H groups in total. The molecule has 25 heavy (non-hydrogen) atoms. The van der Waals surface area contributed by atoms with Gasteiger partial charge in [-0.2, -0.15) is 0 Å². The number of hydrogen-bond acceptors (Lipinski definition) is 4. The first-order valence-corrected chi connectivity index (χ1v) is 9.56. The topological polar surface area (TPSA) is 61.8 Å². The second-order valence-electron chi connectivity index (χ2n) is 6.97. The van der Waals surface area contributed by atoms with Crippen LogP contribution in [-0.2, 0) is 6.54 Å². The quantitative estimate of drug-likeness (QED) is 0.611. The van der Waals surface area contributed by atoms with Gasteiger partial charge in [-0.25, -0.2) is 9.98 Å². The number of aromatic nitrogens is 1. The molecule has 0 spiro atoms. The van der Waals surface area contributed by atoms with Gasteiger partial charge in [-0.15, -0.1) is 0 Å². The smallest absolute Gasteiger partial charge is 0.212 e. The van der Waals surface area contributed by atoms with Crippen LogP contribution in [0.15, 0.2) is 23.3 Å². The van der Waals surface area contributed by atoms with Gasteiger partial charge in [0, 0.05) is 44.0 Å². The van der Waals surface area contributed by atoms with E-state index in [2.05, 4.69) is 27.4 Å². The molecule has 1 atom stereocenters. The zero-order chi connectivity index (χ0) is 17.5. The Kier molecular flexibility index (Phi) is 6.50. The van der Waals surface area contributed by atoms with E-state index in [4.69, 9.17) is 9.73 Å². The number of methoxy groups -OCH3 is 1. The van der Waals surface area contributed by atoms with Crippen molar-refractivity contribution in [2.45, 2.75) is 57.7 Å². The van der Waals surface area contributed by atoms with Crippen molar-refractivity contribution in [2.24, 2.45) is 4.99 Å². The fourth-order valence-corrected chi connectivity index (χ4v) is 3.82. The van der Waals surface area contributed by atoms with Gasteiger partial charge in [0.2, 0.25) is 5.88 Å². The maximum absolute atomic E-state index is 5.10. The number of guanidine groups is 1. The van der Waals surface area contributed by atoms with Crippen molar-refractivity contribution in [1.29, 1.82) is 0 Å². The number of rotatable bonds is 6. The fraction of sp³-hybridized carbons (Fsp3) is 0.684. The molecule has 2 aliphatic rings. The lowest BCUT2D eigenvalue weighted by molar-refractivity contribution is 0.242. The van der Waals surface area contributed by atoms with Crippen LogP contribution >= 0.6 is 0 Å². The molecule has 2 fully saturated rings. The van der Waals surface area contributed by atoms with Crippen LogP contribution in [0.5, 0.6) is 5.88 Å². The average Bonchev–Trinajstić information content (AvgIpc) is 3.32. The van der Waals surface area contributed by atoms with Gasteiger partial charge < -0.3 is 15.4 Å². The molecule has 6 nitrogen and oxygen atoms in total. The molecule has 1 aliphatic carbocycles. The lowest BCUT2D eigenvalue weighted by atomic mass is 10.2. The Hall–Kier alpha value is -1.82. The van der Waals surface area contributed by atoms with Gasteiger partial charge in [0.15, 0.2) is 5.96 Å². The molecular weight excluding hydrogens is 314 g/mol. The number of likely N-dealkylation sites (tertiary alicyclic amines) is 1. The van der Waals surface area contributed by atoms with Gasteiger partial charge >= 0.3 is 0 Å². The zero-order valence-corrected chi connectivity index (χ0v) is 15.5. The summed E-state index contributed by atoms with van der Waals surface area (Å²) in [4.78, 5) is 11.6. The summed E-state index contributed by atoms with van der Waals surface area (Å²) in [5, 5.41) is 6.98. The third-order valence-corrected chi connectivity index (χ3v) is 5.17. The second kappa shape index (κ2) is 9.04. The zero-order valence-electron chi connectivity index (χ0n) is 15.5. The molecule has 0 amide bonds. The summed E-state index contributed by atoms with van der Waals surface area (Å²) in [6, 6.07) is 5.20. The maximum Gasteiger partial charge on any atom is 0.212 e. The minimum absolute atomic E-state index is 0.493. The Morgan fingerprint density at radius 3 is 2.84 bits per heavy atom. The minimum Gasteiger partial charge on any atom is -0.481 e. The van der Waals surface area contributed by atoms with Gasteiger partial charge in [-0.3, -0.25) is 4.90 Å². The highest BCUT2D eigenvalue weighted by molar-refractivity contribution is 5.80. The van der Waals surface area contributed by atoms with Crippen molar-refractivity contribution in [3.05, 3.63) is 23.9 Å². The Morgan fingerprint density at radius 2 is 2.16 bits per heavy atom. The highest BCUT2D eigenvalue weighted by atomic mass is 16.5. The molecule has 1 aromatic heterocycles. The van der Waals surface area contributed by atoms with E-state index in [1.165, 1.54) is 38.6 Å². The highest BCUT2D eigenvalue weighted by Crippen LogP contribution is 2.26. The first-order chi connectivity index (χ1) is 12.3. The Bertz CT molecular complexity index is 553. The number of hydrogen-bond donors (Lipinski definition) is 2. The van der Waals surface area contributed by atoms with Crippen molar-refractivity contribution in [2.75, 3.05) is 26.7 Å². The Balaban J connectivity index is 1.53. The normalized spacial score (nSPS) is 22.3. The van der Waals surface area contributed by atoms with Crippen LogP contribution in [0.3, 0.4) is 0 Å². The molecule has 1 aromatic rings. The minimum atomic E-state index is 0.493. The maximum atomic E-state index is 5.10. The first-order valence-electron chi connectivity index (χ1n) is 9.56. The third-order valence-electron chi connectivity index (χ3n) is 5.17. The van der Waals surface area contributed by atoms with E-state index < -0.39 is 0 Å². The largest absolute Gasteiger partial charge is 0.481 e. The van der Waals surface area contributed by atoms with Crippen LogP contribution in [0.2, 0.25) is 0 Å². The molecule has 1 saturated carbocycles. The summed E-state index contributed by atoms with van der Waals surface area (Å²) in [6.07, 6.45) is 8.59. The molecule has 0 radical (unpaired) electrons. The van der Waals surface area contributed by atoms with E-state index in [-0.39, 0.29) is 0 Å². The van der Waals surface area contributed by atoms with E-state index in [1.54, 1.807) is 7.11 Å². The van der Waals surface area contributed by atoms with Gasteiger partial charge in [0.05, 0.1) is 13.7 Å². The van der Waals surface area contributed by atoms with Crippen molar-refractivity contribution in [3.63, 3.8) is 0 Å². The molecular formula is C19H31N5O. The predicted octanol–water partition coefficient (Wildman–Crippen LogP) is 2.16. The van der Waals surface area contributed by atoms with Crippen LogP contribution in [-0.4, -0.2) is 54.7 Å². The molecule has 3 rings (SSSR count). The first kappa shape index (κ1) is 18.0. The molecule has 1 unspecified atom stereocenters. The van der Waals surface area contributed by atoms with E-state index in [0.29, 0.717) is 18.5 Å². The number of nitrogens with one attached hydrogen (secondary N) is 2. The molecule has 0 aromatic carbocycles. The predicted molar refractivity (Wildman–Crippen MR) is 101 cm³/mol. The van der Waals surface area contributed by atoms with E-state index in [9.17, 15) is 0 Å². The van der Waals surface area contributed by atoms with Crippen LogP contribution in [0.1, 0.15) is 44.6 Å². The summed E-state index contributed by atoms with van der Waals surface area (Å²) in [5.41, 5.74) is 1.08. The number of aliphatic imine (C=N–C) groups is 1. The Morgan fingerprint density at radius 1 is 1.32 bits per heavy atom. The average molecular weight is 345 g/mol. The standard InChI is InChI=1S/C19H31N5O/c1-3-20-19(22-13-15-8-9-18(25-2)21-12-15)23-16-10-11-24(14-16)17-6-4-5-7-17/h8-9,12,16-17H,3-7,10-11,13-14H2,1-2H3,(H2,20,22,23). The summed E-state index contributed by atoms with van der Waals surface area (Å²) < 4.78 is 5.10. The highest BCUT2D eigenvalue weighted by Gasteiger charge is 2.30. The van der Waals surface area contributed by atoms with E-state index in [0.717, 1.165) is 30.7 Å². The lowest BCUT2D eigenvalue weighted by Gasteiger charge is -2.24. The van der Waals surface area contributed by atoms with Crippen LogP contribution in [0.4, 0.5) is 0 Å². The third kappa shape index (κ3) is 5.08. The van der Waals surface area contributed by atoms with Crippen molar-refractivity contribution >= 4 is 5.96 Å². The number of nitrogens with zero attached hydrogens (tertiary/aromatic N) is 3.